The number of carbonyl (C=O) groups excluding carboxylic acids is 1. The molecule has 6 nitrogen and oxygen atoms in total. The Hall–Kier alpha value is -1.74. The van der Waals surface area contributed by atoms with Crippen molar-refractivity contribution in [3.63, 3.8) is 0 Å². The molecule has 0 bridgehead atoms. The number of benzene rings is 1. The Morgan fingerprint density at radius 2 is 2.16 bits per heavy atom. The topological polar surface area (TPSA) is 75.7 Å². The van der Waals surface area contributed by atoms with Crippen LogP contribution in [0.4, 0.5) is 8.78 Å². The monoisotopic (exact) mass is 376 g/mol. The third-order valence-electron chi connectivity index (χ3n) is 4.19. The highest BCUT2D eigenvalue weighted by atomic mass is 32.2. The summed E-state index contributed by atoms with van der Waals surface area (Å²) >= 11 is 0. The van der Waals surface area contributed by atoms with E-state index in [2.05, 4.69) is 10.1 Å². The van der Waals surface area contributed by atoms with Crippen LogP contribution in [-0.4, -0.2) is 57.0 Å². The maximum Gasteiger partial charge on any atom is 0.387 e. The second-order valence-corrected chi connectivity index (χ2v) is 8.44. The molecule has 0 spiro atoms. The molecule has 1 saturated heterocycles. The lowest BCUT2D eigenvalue weighted by atomic mass is 10.1. The number of hydrogen-bond acceptors (Lipinski definition) is 5. The molecular formula is C16H22F2N2O4S. The third-order valence-corrected chi connectivity index (χ3v) is 5.94. The molecule has 140 valence electrons. The second kappa shape index (κ2) is 8.09. The first-order valence-electron chi connectivity index (χ1n) is 7.91. The van der Waals surface area contributed by atoms with Crippen molar-refractivity contribution in [3.05, 3.63) is 29.8 Å². The third kappa shape index (κ3) is 5.93. The number of hydrogen-bond donors (Lipinski definition) is 1. The van der Waals surface area contributed by atoms with E-state index in [0.717, 1.165) is 0 Å². The van der Waals surface area contributed by atoms with Crippen LogP contribution >= 0.6 is 0 Å². The Kier molecular flexibility index (Phi) is 6.34. The van der Waals surface area contributed by atoms with Crippen LogP contribution in [0.25, 0.3) is 0 Å². The molecule has 1 aliphatic rings. The number of nitrogens with zero attached hydrogens (tertiary/aromatic N) is 1. The van der Waals surface area contributed by atoms with Gasteiger partial charge in [0, 0.05) is 6.04 Å². The molecule has 1 aromatic rings. The molecule has 1 heterocycles. The first-order valence-corrected chi connectivity index (χ1v) is 9.73. The summed E-state index contributed by atoms with van der Waals surface area (Å²) in [7, 11) is -1.29. The van der Waals surface area contributed by atoms with Gasteiger partial charge >= 0.3 is 6.61 Å². The minimum absolute atomic E-state index is 0.0295. The van der Waals surface area contributed by atoms with Crippen molar-refractivity contribution in [2.45, 2.75) is 32.0 Å². The molecule has 0 aliphatic carbocycles. The summed E-state index contributed by atoms with van der Waals surface area (Å²) in [6.07, 6.45) is 0.522. The minimum Gasteiger partial charge on any atom is -0.435 e. The largest absolute Gasteiger partial charge is 0.435 e. The zero-order chi connectivity index (χ0) is 18.6. The predicted octanol–water partition coefficient (Wildman–Crippen LogP) is 1.58. The number of nitrogens with one attached hydrogen (secondary N) is 1. The van der Waals surface area contributed by atoms with Crippen LogP contribution in [0, 0.1) is 0 Å². The molecule has 2 atom stereocenters. The molecule has 1 aliphatic heterocycles. The lowest BCUT2D eigenvalue weighted by molar-refractivity contribution is -0.123. The van der Waals surface area contributed by atoms with Gasteiger partial charge < -0.3 is 10.1 Å². The van der Waals surface area contributed by atoms with Gasteiger partial charge in [-0.25, -0.2) is 8.42 Å². The average Bonchev–Trinajstić information content (AvgIpc) is 2.87. The quantitative estimate of drug-likeness (QED) is 0.782. The number of amides is 1. The van der Waals surface area contributed by atoms with E-state index in [0.29, 0.717) is 12.0 Å². The van der Waals surface area contributed by atoms with Crippen molar-refractivity contribution in [1.29, 1.82) is 0 Å². The van der Waals surface area contributed by atoms with E-state index >= 15 is 0 Å². The number of alkyl halides is 2. The number of carbonyl (C=O) groups is 1. The van der Waals surface area contributed by atoms with Gasteiger partial charge in [-0.3, -0.25) is 9.69 Å². The first kappa shape index (κ1) is 19.6. The van der Waals surface area contributed by atoms with Crippen LogP contribution in [0.3, 0.4) is 0 Å². The van der Waals surface area contributed by atoms with E-state index < -0.39 is 22.5 Å². The van der Waals surface area contributed by atoms with Crippen LogP contribution in [0.15, 0.2) is 24.3 Å². The van der Waals surface area contributed by atoms with Gasteiger partial charge in [0.2, 0.25) is 5.91 Å². The van der Waals surface area contributed by atoms with E-state index in [-0.39, 0.29) is 35.7 Å². The van der Waals surface area contributed by atoms with Crippen LogP contribution in [0.1, 0.15) is 24.9 Å². The van der Waals surface area contributed by atoms with Crippen LogP contribution in [-0.2, 0) is 14.6 Å². The van der Waals surface area contributed by atoms with Gasteiger partial charge in [-0.2, -0.15) is 8.78 Å². The average molecular weight is 376 g/mol. The molecule has 1 aromatic carbocycles. The van der Waals surface area contributed by atoms with Crippen molar-refractivity contribution in [1.82, 2.24) is 10.2 Å². The standard InChI is InChI=1S/C16H22F2N2O4S/c1-11(12-4-3-5-14(8-12)24-16(17)18)19-15(21)9-20(2)13-6-7-25(22,23)10-13/h3-5,8,11,13,16H,6-7,9-10H2,1-2H3,(H,19,21). The van der Waals surface area contributed by atoms with Crippen molar-refractivity contribution in [2.75, 3.05) is 25.1 Å². The van der Waals surface area contributed by atoms with Gasteiger partial charge in [0.1, 0.15) is 5.75 Å². The van der Waals surface area contributed by atoms with Gasteiger partial charge in [-0.1, -0.05) is 12.1 Å². The Bertz CT molecular complexity index is 712. The molecule has 1 amide bonds. The van der Waals surface area contributed by atoms with E-state index in [9.17, 15) is 22.0 Å². The molecular weight excluding hydrogens is 354 g/mol. The second-order valence-electron chi connectivity index (χ2n) is 6.21. The lowest BCUT2D eigenvalue weighted by Gasteiger charge is -2.23. The van der Waals surface area contributed by atoms with Gasteiger partial charge in [-0.15, -0.1) is 0 Å². The number of sulfone groups is 1. The molecule has 1 fully saturated rings. The number of rotatable bonds is 7. The van der Waals surface area contributed by atoms with Crippen LogP contribution in [0.2, 0.25) is 0 Å². The summed E-state index contributed by atoms with van der Waals surface area (Å²) in [5.74, 6) is -0.0163. The van der Waals surface area contributed by atoms with E-state index in [1.807, 2.05) is 0 Å². The van der Waals surface area contributed by atoms with Crippen molar-refractivity contribution in [3.8, 4) is 5.75 Å². The Morgan fingerprint density at radius 1 is 1.44 bits per heavy atom. The molecule has 0 aromatic heterocycles. The molecule has 1 N–H and O–H groups in total. The van der Waals surface area contributed by atoms with Crippen molar-refractivity contribution in [2.24, 2.45) is 0 Å². The van der Waals surface area contributed by atoms with Gasteiger partial charge in [0.25, 0.3) is 0 Å². The number of halogens is 2. The lowest BCUT2D eigenvalue weighted by Crippen LogP contribution is -2.41. The Morgan fingerprint density at radius 3 is 2.76 bits per heavy atom. The molecule has 2 unspecified atom stereocenters. The maximum absolute atomic E-state index is 12.3. The summed E-state index contributed by atoms with van der Waals surface area (Å²) in [5, 5.41) is 2.78. The van der Waals surface area contributed by atoms with Crippen molar-refractivity contribution >= 4 is 15.7 Å². The molecule has 0 saturated carbocycles. The number of ether oxygens (including phenoxy) is 1. The summed E-state index contributed by atoms with van der Waals surface area (Å²) in [5.41, 5.74) is 0.637. The summed E-state index contributed by atoms with van der Waals surface area (Å²) < 4.78 is 51.9. The molecule has 25 heavy (non-hydrogen) atoms. The predicted molar refractivity (Wildman–Crippen MR) is 89.3 cm³/mol. The van der Waals surface area contributed by atoms with Gasteiger partial charge in [0.05, 0.1) is 24.1 Å². The SMILES string of the molecule is CC(NC(=O)CN(C)C1CCS(=O)(=O)C1)c1cccc(OC(F)F)c1. The van der Waals surface area contributed by atoms with Crippen LogP contribution < -0.4 is 10.1 Å². The summed E-state index contributed by atoms with van der Waals surface area (Å²) in [6, 6.07) is 5.59. The highest BCUT2D eigenvalue weighted by Gasteiger charge is 2.31. The fraction of sp³-hybridized carbons (Fsp3) is 0.562. The normalized spacial score (nSPS) is 20.6. The molecule has 9 heteroatoms. The highest BCUT2D eigenvalue weighted by Crippen LogP contribution is 2.21. The maximum atomic E-state index is 12.3. The van der Waals surface area contributed by atoms with E-state index in [4.69, 9.17) is 0 Å². The molecule has 2 rings (SSSR count). The van der Waals surface area contributed by atoms with Gasteiger partial charge in [0.15, 0.2) is 9.84 Å². The fourth-order valence-electron chi connectivity index (χ4n) is 2.81. The van der Waals surface area contributed by atoms with E-state index in [1.54, 1.807) is 31.0 Å². The molecule has 0 radical (unpaired) electrons. The van der Waals surface area contributed by atoms with Crippen molar-refractivity contribution < 1.29 is 26.7 Å². The minimum atomic E-state index is -3.01. The Labute approximate surface area is 146 Å². The zero-order valence-corrected chi connectivity index (χ0v) is 14.9. The smallest absolute Gasteiger partial charge is 0.387 e. The number of likely N-dealkylation sites (N-methyl/N-ethyl adjacent to an activating group) is 1. The van der Waals surface area contributed by atoms with E-state index in [1.165, 1.54) is 12.1 Å². The van der Waals surface area contributed by atoms with Gasteiger partial charge in [-0.05, 0) is 38.1 Å². The van der Waals surface area contributed by atoms with Crippen LogP contribution in [0.5, 0.6) is 5.75 Å². The fourth-order valence-corrected chi connectivity index (χ4v) is 4.61. The highest BCUT2D eigenvalue weighted by molar-refractivity contribution is 7.91. The summed E-state index contributed by atoms with van der Waals surface area (Å²) in [4.78, 5) is 13.9. The summed E-state index contributed by atoms with van der Waals surface area (Å²) in [6.45, 7) is -1.10. The first-order chi connectivity index (χ1) is 11.7. The zero-order valence-electron chi connectivity index (χ0n) is 14.1. The Balaban J connectivity index is 1.89.